The van der Waals surface area contributed by atoms with Crippen LogP contribution in [0.2, 0.25) is 0 Å². The topological polar surface area (TPSA) is 51.2 Å². The monoisotopic (exact) mass is 429 g/mol. The van der Waals surface area contributed by atoms with Gasteiger partial charge in [-0.1, -0.05) is 117 Å². The van der Waals surface area contributed by atoms with E-state index in [2.05, 4.69) is 20.8 Å². The number of hydrogen-bond acceptors (Lipinski definition) is 3. The average molecular weight is 429 g/mol. The average Bonchev–Trinajstić information content (AvgIpc) is 2.69. The van der Waals surface area contributed by atoms with Crippen molar-refractivity contribution in [1.82, 2.24) is 0 Å². The summed E-state index contributed by atoms with van der Waals surface area (Å²) in [5.74, 6) is 0. The molecule has 28 heavy (non-hydrogen) atoms. The van der Waals surface area contributed by atoms with Gasteiger partial charge in [-0.15, -0.1) is 0 Å². The molecule has 0 unspecified atom stereocenters. The van der Waals surface area contributed by atoms with Gasteiger partial charge in [0.15, 0.2) is 0 Å². The maximum absolute atomic E-state index is 9.71. The first-order chi connectivity index (χ1) is 13.2. The van der Waals surface area contributed by atoms with Crippen molar-refractivity contribution in [2.24, 2.45) is 0 Å². The largest absolute Gasteiger partial charge is 3.00 e. The summed E-state index contributed by atoms with van der Waals surface area (Å²) in [6.45, 7) is 6.56. The molecule has 0 saturated heterocycles. The fourth-order valence-electron chi connectivity index (χ4n) is 2.40. The molecule has 0 amide bonds. The smallest absolute Gasteiger partial charge is 0.542 e. The summed E-state index contributed by atoms with van der Waals surface area (Å²) < 4.78 is 0. The van der Waals surface area contributed by atoms with Crippen molar-refractivity contribution >= 4 is 18.9 Å². The second-order valence-electron chi connectivity index (χ2n) is 6.93. The molecule has 0 aliphatic heterocycles. The summed E-state index contributed by atoms with van der Waals surface area (Å²) in [6.07, 6.45) is 25.8. The van der Waals surface area contributed by atoms with E-state index in [1.54, 1.807) is 0 Å². The third-order valence-corrected chi connectivity index (χ3v) is 4.15. The van der Waals surface area contributed by atoms with Gasteiger partial charge in [0, 0.05) is 0 Å². The molecule has 0 N–H and O–H groups in total. The molecule has 0 rings (SSSR count). The number of unbranched alkanes of at least 4 members (excludes halogenated alkanes) is 15. The predicted octanol–water partition coefficient (Wildman–Crippen LogP) is 7.37. The first-order valence-electron chi connectivity index (χ1n) is 11.3. The van der Waals surface area contributed by atoms with Gasteiger partial charge in [0.1, 0.15) is 0 Å². The Kier molecular flexibility index (Phi) is 51.7. The van der Waals surface area contributed by atoms with E-state index in [1.807, 2.05) is 18.9 Å². The number of carbonyl (C=O) groups excluding carboxylic acids is 3. The zero-order valence-electron chi connectivity index (χ0n) is 19.0. The standard InChI is InChI=1S/3C8H15O.Ti/c3*1-2-3-4-5-6-7-8-9;/h3*2-7H2,1H3;/q3*-1;+3. The third kappa shape index (κ3) is 50.1. The summed E-state index contributed by atoms with van der Waals surface area (Å²) in [7, 11) is 0. The molecule has 0 atom stereocenters. The molecule has 0 heterocycles. The van der Waals surface area contributed by atoms with E-state index >= 15 is 0 Å². The minimum atomic E-state index is 0. The van der Waals surface area contributed by atoms with E-state index in [9.17, 15) is 14.4 Å². The molecule has 3 nitrogen and oxygen atoms in total. The summed E-state index contributed by atoms with van der Waals surface area (Å²) >= 11 is 0. The summed E-state index contributed by atoms with van der Waals surface area (Å²) in [6, 6.07) is 0. The Labute approximate surface area is 191 Å². The van der Waals surface area contributed by atoms with Crippen LogP contribution in [-0.2, 0) is 36.1 Å². The molecule has 1 radical (unpaired) electrons. The van der Waals surface area contributed by atoms with E-state index in [0.717, 1.165) is 19.3 Å². The van der Waals surface area contributed by atoms with Crippen LogP contribution in [0, 0.1) is 0 Å². The Morgan fingerprint density at radius 3 is 0.786 bits per heavy atom. The molecule has 0 aromatic carbocycles. The zero-order valence-corrected chi connectivity index (χ0v) is 20.5. The van der Waals surface area contributed by atoms with Crippen LogP contribution in [0.3, 0.4) is 0 Å². The second-order valence-corrected chi connectivity index (χ2v) is 6.93. The van der Waals surface area contributed by atoms with Gasteiger partial charge in [-0.3, -0.25) is 18.9 Å². The van der Waals surface area contributed by atoms with Crippen LogP contribution in [0.5, 0.6) is 0 Å². The van der Waals surface area contributed by atoms with E-state index in [-0.39, 0.29) is 21.7 Å². The van der Waals surface area contributed by atoms with Crippen LogP contribution < -0.4 is 0 Å². The van der Waals surface area contributed by atoms with Crippen molar-refractivity contribution in [2.75, 3.05) is 0 Å². The minimum absolute atomic E-state index is 0. The van der Waals surface area contributed by atoms with E-state index in [1.165, 1.54) is 77.0 Å². The van der Waals surface area contributed by atoms with Gasteiger partial charge in [-0.25, -0.2) is 0 Å². The molecule has 0 aliphatic rings. The Bertz CT molecular complexity index is 228. The molecule has 0 saturated carbocycles. The van der Waals surface area contributed by atoms with E-state index < -0.39 is 0 Å². The molecule has 163 valence electrons. The van der Waals surface area contributed by atoms with E-state index in [4.69, 9.17) is 0 Å². The van der Waals surface area contributed by atoms with Crippen LogP contribution in [-0.4, -0.2) is 18.9 Å². The van der Waals surface area contributed by atoms with Gasteiger partial charge in [-0.2, -0.15) is 19.3 Å². The summed E-state index contributed by atoms with van der Waals surface area (Å²) in [4.78, 5) is 29.1. The van der Waals surface area contributed by atoms with Gasteiger partial charge in [-0.05, 0) is 0 Å². The van der Waals surface area contributed by atoms with Crippen molar-refractivity contribution in [2.45, 2.75) is 136 Å². The summed E-state index contributed by atoms with van der Waals surface area (Å²) in [5.41, 5.74) is 0. The molecule has 0 spiro atoms. The fourth-order valence-corrected chi connectivity index (χ4v) is 2.40. The number of rotatable bonds is 18. The van der Waals surface area contributed by atoms with Crippen LogP contribution in [0.1, 0.15) is 136 Å². The third-order valence-electron chi connectivity index (χ3n) is 4.15. The quantitative estimate of drug-likeness (QED) is 0.130. The normalized spacial score (nSPS) is 9.11. The molecule has 0 fully saturated rings. The van der Waals surface area contributed by atoms with Crippen molar-refractivity contribution in [3.63, 3.8) is 0 Å². The van der Waals surface area contributed by atoms with Crippen molar-refractivity contribution in [3.05, 3.63) is 0 Å². The molecular formula is C24H45O3Ti. The Hall–Kier alpha value is -0.276. The SMILES string of the molecule is CCCCCCC[C-]=O.CCCCCCC[C-]=O.CCCCCCC[C-]=O.[Ti+3]. The van der Waals surface area contributed by atoms with Crippen LogP contribution in [0.4, 0.5) is 0 Å². The van der Waals surface area contributed by atoms with Crippen molar-refractivity contribution < 1.29 is 36.1 Å². The Balaban J connectivity index is -0.000000152. The second kappa shape index (κ2) is 41.2. The van der Waals surface area contributed by atoms with Crippen LogP contribution in [0.25, 0.3) is 0 Å². The van der Waals surface area contributed by atoms with Gasteiger partial charge < -0.3 is 14.4 Å². The first-order valence-corrected chi connectivity index (χ1v) is 11.3. The maximum atomic E-state index is 9.71. The molecule has 0 aromatic heterocycles. The first kappa shape index (κ1) is 35.2. The molecule has 4 heteroatoms. The fraction of sp³-hybridized carbons (Fsp3) is 0.875. The van der Waals surface area contributed by atoms with Gasteiger partial charge >= 0.3 is 21.7 Å². The number of hydrogen-bond donors (Lipinski definition) is 0. The Morgan fingerprint density at radius 1 is 0.393 bits per heavy atom. The van der Waals surface area contributed by atoms with Gasteiger partial charge in [0.05, 0.1) is 0 Å². The van der Waals surface area contributed by atoms with Crippen LogP contribution >= 0.6 is 0 Å². The van der Waals surface area contributed by atoms with Crippen molar-refractivity contribution in [3.8, 4) is 0 Å². The van der Waals surface area contributed by atoms with Crippen LogP contribution in [0.15, 0.2) is 0 Å². The van der Waals surface area contributed by atoms with Crippen molar-refractivity contribution in [1.29, 1.82) is 0 Å². The zero-order chi connectivity index (χ0) is 20.8. The minimum Gasteiger partial charge on any atom is -0.542 e. The Morgan fingerprint density at radius 2 is 0.607 bits per heavy atom. The van der Waals surface area contributed by atoms with Gasteiger partial charge in [0.25, 0.3) is 0 Å². The molecule has 0 aromatic rings. The molecule has 0 aliphatic carbocycles. The molecule has 0 bridgehead atoms. The molecular weight excluding hydrogens is 384 g/mol. The van der Waals surface area contributed by atoms with E-state index in [0.29, 0.717) is 19.3 Å². The maximum Gasteiger partial charge on any atom is 3.00 e. The van der Waals surface area contributed by atoms with Gasteiger partial charge in [0.2, 0.25) is 0 Å². The predicted molar refractivity (Wildman–Crippen MR) is 117 cm³/mol. The summed E-state index contributed by atoms with van der Waals surface area (Å²) in [5, 5.41) is 0.